The molecule has 0 unspecified atom stereocenters. The van der Waals surface area contributed by atoms with Crippen LogP contribution in [0.25, 0.3) is 22.7 Å². The molecule has 4 aromatic rings. The monoisotopic (exact) mass is 466 g/mol. The van der Waals surface area contributed by atoms with Crippen LogP contribution in [-0.4, -0.2) is 22.0 Å². The summed E-state index contributed by atoms with van der Waals surface area (Å²) in [6.07, 6.45) is 4.01. The predicted octanol–water partition coefficient (Wildman–Crippen LogP) is 5.85. The van der Waals surface area contributed by atoms with Crippen molar-refractivity contribution in [3.63, 3.8) is 0 Å². The summed E-state index contributed by atoms with van der Waals surface area (Å²) >= 11 is 0. The van der Waals surface area contributed by atoms with Gasteiger partial charge in [-0.3, -0.25) is 10.1 Å². The Labute approximate surface area is 201 Å². The first-order chi connectivity index (χ1) is 17.0. The number of nitro benzene ring substituents is 1. The highest BCUT2D eigenvalue weighted by Gasteiger charge is 2.15. The van der Waals surface area contributed by atoms with Gasteiger partial charge in [0.1, 0.15) is 18.5 Å². The van der Waals surface area contributed by atoms with E-state index >= 15 is 0 Å². The molecule has 1 aromatic heterocycles. The number of nitrogens with zero attached hydrogens (tertiary/aromatic N) is 3. The zero-order valence-electron chi connectivity index (χ0n) is 19.0. The molecule has 0 saturated heterocycles. The van der Waals surface area contributed by atoms with Crippen LogP contribution in [0.3, 0.4) is 0 Å². The first kappa shape index (κ1) is 23.3. The SMILES string of the molecule is C=CCc1cc(/C=C(\C#N)c2nc3ccccc3[nH]2)cc(OC)c1OCc1ccc([N+](=O)[O-])cc1. The van der Waals surface area contributed by atoms with Crippen LogP contribution in [0.5, 0.6) is 11.5 Å². The third-order valence-electron chi connectivity index (χ3n) is 5.34. The van der Waals surface area contributed by atoms with Crippen LogP contribution in [0.1, 0.15) is 22.5 Å². The lowest BCUT2D eigenvalue weighted by atomic mass is 10.0. The van der Waals surface area contributed by atoms with E-state index in [1.165, 1.54) is 12.1 Å². The van der Waals surface area contributed by atoms with E-state index in [1.54, 1.807) is 37.5 Å². The van der Waals surface area contributed by atoms with E-state index in [9.17, 15) is 15.4 Å². The maximum Gasteiger partial charge on any atom is 0.269 e. The van der Waals surface area contributed by atoms with Gasteiger partial charge in [-0.1, -0.05) is 18.2 Å². The van der Waals surface area contributed by atoms with Crippen molar-refractivity contribution >= 4 is 28.4 Å². The van der Waals surface area contributed by atoms with E-state index in [4.69, 9.17) is 9.47 Å². The number of H-pyrrole nitrogens is 1. The Morgan fingerprint density at radius 1 is 1.23 bits per heavy atom. The molecule has 1 heterocycles. The quantitative estimate of drug-likeness (QED) is 0.143. The van der Waals surface area contributed by atoms with E-state index in [2.05, 4.69) is 22.6 Å². The minimum atomic E-state index is -0.442. The van der Waals surface area contributed by atoms with Crippen molar-refractivity contribution in [2.24, 2.45) is 0 Å². The minimum Gasteiger partial charge on any atom is -0.493 e. The normalized spacial score (nSPS) is 11.1. The number of rotatable bonds is 9. The summed E-state index contributed by atoms with van der Waals surface area (Å²) in [5, 5.41) is 20.7. The van der Waals surface area contributed by atoms with Crippen molar-refractivity contribution in [2.45, 2.75) is 13.0 Å². The number of aromatic nitrogens is 2. The van der Waals surface area contributed by atoms with Crippen molar-refractivity contribution in [1.29, 1.82) is 5.26 Å². The van der Waals surface area contributed by atoms with Crippen molar-refractivity contribution in [3.8, 4) is 17.6 Å². The first-order valence-electron chi connectivity index (χ1n) is 10.8. The molecule has 0 aliphatic rings. The second kappa shape index (κ2) is 10.4. The van der Waals surface area contributed by atoms with Crippen LogP contribution in [0.4, 0.5) is 5.69 Å². The number of benzene rings is 3. The van der Waals surface area contributed by atoms with Gasteiger partial charge in [-0.25, -0.2) is 4.98 Å². The molecule has 1 N–H and O–H groups in total. The van der Waals surface area contributed by atoms with Crippen LogP contribution in [0, 0.1) is 21.4 Å². The topological polar surface area (TPSA) is 114 Å². The van der Waals surface area contributed by atoms with E-state index < -0.39 is 4.92 Å². The summed E-state index contributed by atoms with van der Waals surface area (Å²) in [4.78, 5) is 18.1. The highest BCUT2D eigenvalue weighted by atomic mass is 16.6. The fourth-order valence-electron chi connectivity index (χ4n) is 3.66. The standard InChI is InChI=1S/C27H22N4O4/c1-3-6-20-13-19(14-21(16-28)27-29-23-7-4-5-8-24(23)30-27)15-25(34-2)26(20)35-17-18-9-11-22(12-10-18)31(32)33/h3-5,7-15H,1,6,17H2,2H3,(H,29,30)/b21-14+. The number of hydrogen-bond acceptors (Lipinski definition) is 6. The largest absolute Gasteiger partial charge is 0.493 e. The Morgan fingerprint density at radius 3 is 2.66 bits per heavy atom. The fourth-order valence-corrected chi connectivity index (χ4v) is 3.66. The third-order valence-corrected chi connectivity index (χ3v) is 5.34. The molecule has 0 aliphatic heterocycles. The molecular weight excluding hydrogens is 444 g/mol. The van der Waals surface area contributed by atoms with E-state index in [1.807, 2.05) is 30.3 Å². The van der Waals surface area contributed by atoms with Crippen LogP contribution in [0.15, 0.2) is 73.3 Å². The summed E-state index contributed by atoms with van der Waals surface area (Å²) in [6.45, 7) is 4.04. The zero-order chi connectivity index (χ0) is 24.8. The third kappa shape index (κ3) is 5.20. The molecule has 0 radical (unpaired) electrons. The summed E-state index contributed by atoms with van der Waals surface area (Å²) in [5.74, 6) is 1.53. The van der Waals surface area contributed by atoms with Crippen molar-refractivity contribution in [1.82, 2.24) is 9.97 Å². The molecule has 8 nitrogen and oxygen atoms in total. The number of nitriles is 1. The summed E-state index contributed by atoms with van der Waals surface area (Å²) < 4.78 is 11.7. The van der Waals surface area contributed by atoms with Gasteiger partial charge in [0, 0.05) is 17.7 Å². The number of imidazole rings is 1. The van der Waals surface area contributed by atoms with Crippen molar-refractivity contribution in [2.75, 3.05) is 7.11 Å². The molecule has 0 aliphatic carbocycles. The molecule has 0 amide bonds. The molecule has 4 rings (SSSR count). The second-order valence-corrected chi connectivity index (χ2v) is 7.69. The molecule has 0 atom stereocenters. The van der Waals surface area contributed by atoms with Crippen LogP contribution in [0.2, 0.25) is 0 Å². The smallest absolute Gasteiger partial charge is 0.269 e. The zero-order valence-corrected chi connectivity index (χ0v) is 19.0. The number of ether oxygens (including phenoxy) is 2. The van der Waals surface area contributed by atoms with Crippen LogP contribution < -0.4 is 9.47 Å². The molecule has 0 saturated carbocycles. The highest BCUT2D eigenvalue weighted by molar-refractivity contribution is 5.90. The Balaban J connectivity index is 1.66. The number of para-hydroxylation sites is 2. The maximum absolute atomic E-state index is 10.9. The van der Waals surface area contributed by atoms with Crippen molar-refractivity contribution < 1.29 is 14.4 Å². The van der Waals surface area contributed by atoms with Gasteiger partial charge in [0.25, 0.3) is 5.69 Å². The molecule has 0 bridgehead atoms. The molecule has 8 heteroatoms. The van der Waals surface area contributed by atoms with E-state index in [0.29, 0.717) is 29.3 Å². The number of aromatic amines is 1. The molecule has 0 fully saturated rings. The molecule has 174 valence electrons. The summed E-state index contributed by atoms with van der Waals surface area (Å²) in [6, 6.07) is 19.7. The van der Waals surface area contributed by atoms with Gasteiger partial charge < -0.3 is 14.5 Å². The molecule has 35 heavy (non-hydrogen) atoms. The summed E-state index contributed by atoms with van der Waals surface area (Å²) in [7, 11) is 1.55. The highest BCUT2D eigenvalue weighted by Crippen LogP contribution is 2.35. The van der Waals surface area contributed by atoms with Gasteiger partial charge in [-0.05, 0) is 60.0 Å². The Hall–Kier alpha value is -4.90. The van der Waals surface area contributed by atoms with Gasteiger partial charge in [-0.2, -0.15) is 5.26 Å². The first-order valence-corrected chi connectivity index (χ1v) is 10.8. The number of fused-ring (bicyclic) bond motifs is 1. The lowest BCUT2D eigenvalue weighted by Gasteiger charge is -2.16. The lowest BCUT2D eigenvalue weighted by molar-refractivity contribution is -0.384. The Morgan fingerprint density at radius 2 is 2.00 bits per heavy atom. The lowest BCUT2D eigenvalue weighted by Crippen LogP contribution is -2.02. The fraction of sp³-hybridized carbons (Fsp3) is 0.111. The summed E-state index contributed by atoms with van der Waals surface area (Å²) in [5.41, 5.74) is 4.39. The second-order valence-electron chi connectivity index (χ2n) is 7.69. The number of nitro groups is 1. The number of non-ortho nitro benzene ring substituents is 1. The van der Waals surface area contributed by atoms with Crippen molar-refractivity contribution in [3.05, 3.63) is 106 Å². The van der Waals surface area contributed by atoms with Crippen LogP contribution >= 0.6 is 0 Å². The van der Waals surface area contributed by atoms with Crippen LogP contribution in [-0.2, 0) is 13.0 Å². The Kier molecular flexibility index (Phi) is 6.88. The van der Waals surface area contributed by atoms with Gasteiger partial charge in [-0.15, -0.1) is 6.58 Å². The maximum atomic E-state index is 10.9. The van der Waals surface area contributed by atoms with Gasteiger partial charge in [0.15, 0.2) is 11.5 Å². The number of nitrogens with one attached hydrogen (secondary N) is 1. The number of allylic oxidation sites excluding steroid dienone is 2. The van der Waals surface area contributed by atoms with E-state index in [0.717, 1.165) is 27.7 Å². The van der Waals surface area contributed by atoms with Gasteiger partial charge >= 0.3 is 0 Å². The molecule has 3 aromatic carbocycles. The molecule has 0 spiro atoms. The van der Waals surface area contributed by atoms with Gasteiger partial charge in [0.2, 0.25) is 0 Å². The minimum absolute atomic E-state index is 0.0209. The molecular formula is C27H22N4O4. The number of hydrogen-bond donors (Lipinski definition) is 1. The Bertz CT molecular complexity index is 1430. The van der Waals surface area contributed by atoms with Gasteiger partial charge in [0.05, 0.1) is 28.6 Å². The van der Waals surface area contributed by atoms with E-state index in [-0.39, 0.29) is 12.3 Å². The average Bonchev–Trinajstić information content (AvgIpc) is 3.31. The predicted molar refractivity (Wildman–Crippen MR) is 134 cm³/mol. The number of methoxy groups -OCH3 is 1. The average molecular weight is 466 g/mol.